The lowest BCUT2D eigenvalue weighted by atomic mass is 10.1. The van der Waals surface area contributed by atoms with Crippen LogP contribution in [0.3, 0.4) is 0 Å². The number of nitrogens with zero attached hydrogens (tertiary/aromatic N) is 3. The van der Waals surface area contributed by atoms with Gasteiger partial charge in [0.25, 0.3) is 11.5 Å². The molecule has 1 atom stereocenters. The summed E-state index contributed by atoms with van der Waals surface area (Å²) in [6.45, 7) is 4.71. The largest absolute Gasteiger partial charge is 0.344 e. The molecule has 1 unspecified atom stereocenters. The fourth-order valence-electron chi connectivity index (χ4n) is 3.68. The highest BCUT2D eigenvalue weighted by atomic mass is 16.2. The van der Waals surface area contributed by atoms with Gasteiger partial charge in [-0.05, 0) is 56.8 Å². The van der Waals surface area contributed by atoms with Crippen LogP contribution in [0.1, 0.15) is 33.1 Å². The van der Waals surface area contributed by atoms with Gasteiger partial charge in [0.1, 0.15) is 5.52 Å². The summed E-state index contributed by atoms with van der Waals surface area (Å²) >= 11 is 0. The van der Waals surface area contributed by atoms with Gasteiger partial charge in [0.2, 0.25) is 0 Å². The summed E-state index contributed by atoms with van der Waals surface area (Å²) in [5, 5.41) is 7.63. The van der Waals surface area contributed by atoms with Gasteiger partial charge < -0.3 is 15.2 Å². The quantitative estimate of drug-likeness (QED) is 0.493. The Bertz CT molecular complexity index is 1320. The van der Waals surface area contributed by atoms with E-state index in [1.54, 1.807) is 12.3 Å². The molecule has 0 aliphatic heterocycles. The average Bonchev–Trinajstić information content (AvgIpc) is 3.20. The zero-order valence-electron chi connectivity index (χ0n) is 18.7. The number of likely N-dealkylation sites (N-methyl/N-ethyl adjacent to an activating group) is 1. The number of carbonyl (C=O) groups is 1. The van der Waals surface area contributed by atoms with Crippen molar-refractivity contribution in [2.45, 2.75) is 19.9 Å². The number of benzene rings is 2. The summed E-state index contributed by atoms with van der Waals surface area (Å²) in [6, 6.07) is 17.1. The van der Waals surface area contributed by atoms with Gasteiger partial charge >= 0.3 is 0 Å². The predicted molar refractivity (Wildman–Crippen MR) is 126 cm³/mol. The first-order chi connectivity index (χ1) is 15.3. The number of aromatic nitrogens is 3. The fourth-order valence-corrected chi connectivity index (χ4v) is 3.68. The Morgan fingerprint density at radius 3 is 2.53 bits per heavy atom. The van der Waals surface area contributed by atoms with E-state index in [9.17, 15) is 9.59 Å². The Morgan fingerprint density at radius 2 is 1.84 bits per heavy atom. The van der Waals surface area contributed by atoms with Crippen LogP contribution >= 0.6 is 0 Å². The third kappa shape index (κ3) is 4.48. The highest BCUT2D eigenvalue weighted by Gasteiger charge is 2.19. The van der Waals surface area contributed by atoms with Crippen molar-refractivity contribution in [2.24, 2.45) is 0 Å². The van der Waals surface area contributed by atoms with E-state index in [0.29, 0.717) is 23.4 Å². The lowest BCUT2D eigenvalue weighted by Gasteiger charge is -2.22. The number of aromatic amines is 1. The SMILES string of the molecule is Cc1ccc(-c2nn3cc(C(=O)NC(CN(C)C)c4ccccc4)cc3c(=O)[nH]2)cc1C. The minimum absolute atomic E-state index is 0.181. The number of H-pyrrole nitrogens is 1. The number of hydrogen-bond donors (Lipinski definition) is 2. The molecule has 164 valence electrons. The standard InChI is InChI=1S/C25H27N5O2/c1-16-10-11-19(12-17(16)2)23-27-25(32)22-13-20(14-30(22)28-23)24(31)26-21(15-29(3)4)18-8-6-5-7-9-18/h5-14,21H,15H2,1-4H3,(H,26,31)(H,27,28,32). The van der Waals surface area contributed by atoms with Crippen molar-refractivity contribution >= 4 is 11.4 Å². The first kappa shape index (κ1) is 21.5. The maximum absolute atomic E-state index is 13.0. The molecule has 1 amide bonds. The van der Waals surface area contributed by atoms with Gasteiger partial charge in [-0.1, -0.05) is 42.5 Å². The molecule has 0 bridgehead atoms. The number of hydrogen-bond acceptors (Lipinski definition) is 4. The van der Waals surface area contributed by atoms with E-state index in [1.807, 2.05) is 81.4 Å². The van der Waals surface area contributed by atoms with Crippen molar-refractivity contribution in [2.75, 3.05) is 20.6 Å². The summed E-state index contributed by atoms with van der Waals surface area (Å²) in [7, 11) is 3.93. The van der Waals surface area contributed by atoms with Gasteiger partial charge in [-0.15, -0.1) is 5.10 Å². The Hall–Kier alpha value is -3.71. The van der Waals surface area contributed by atoms with E-state index in [-0.39, 0.29) is 17.5 Å². The van der Waals surface area contributed by atoms with Crippen LogP contribution in [0.5, 0.6) is 0 Å². The average molecular weight is 430 g/mol. The maximum atomic E-state index is 13.0. The van der Waals surface area contributed by atoms with Crippen LogP contribution < -0.4 is 10.9 Å². The summed E-state index contributed by atoms with van der Waals surface area (Å²) in [5.74, 6) is 0.210. The second-order valence-electron chi connectivity index (χ2n) is 8.36. The van der Waals surface area contributed by atoms with E-state index in [4.69, 9.17) is 0 Å². The third-order valence-corrected chi connectivity index (χ3v) is 5.57. The van der Waals surface area contributed by atoms with Gasteiger partial charge in [-0.3, -0.25) is 9.59 Å². The second kappa shape index (κ2) is 8.80. The van der Waals surface area contributed by atoms with Gasteiger partial charge in [0.05, 0.1) is 11.6 Å². The second-order valence-corrected chi connectivity index (χ2v) is 8.36. The van der Waals surface area contributed by atoms with Gasteiger partial charge in [-0.25, -0.2) is 4.52 Å². The molecule has 2 heterocycles. The molecule has 0 radical (unpaired) electrons. The molecule has 4 aromatic rings. The summed E-state index contributed by atoms with van der Waals surface area (Å²) in [5.41, 5.74) is 4.55. The molecule has 0 aliphatic rings. The Kier molecular flexibility index (Phi) is 5.92. The third-order valence-electron chi connectivity index (χ3n) is 5.57. The van der Waals surface area contributed by atoms with Gasteiger partial charge in [0, 0.05) is 18.3 Å². The highest BCUT2D eigenvalue weighted by Crippen LogP contribution is 2.19. The van der Waals surface area contributed by atoms with Crippen molar-refractivity contribution < 1.29 is 4.79 Å². The minimum atomic E-state index is -0.292. The number of fused-ring (bicyclic) bond motifs is 1. The summed E-state index contributed by atoms with van der Waals surface area (Å²) < 4.78 is 1.47. The zero-order valence-corrected chi connectivity index (χ0v) is 18.7. The van der Waals surface area contributed by atoms with Crippen molar-refractivity contribution in [1.29, 1.82) is 0 Å². The van der Waals surface area contributed by atoms with E-state index in [2.05, 4.69) is 15.4 Å². The van der Waals surface area contributed by atoms with Crippen LogP contribution in [-0.4, -0.2) is 46.0 Å². The van der Waals surface area contributed by atoms with Crippen molar-refractivity contribution in [1.82, 2.24) is 24.8 Å². The molecular weight excluding hydrogens is 402 g/mol. The predicted octanol–water partition coefficient (Wildman–Crippen LogP) is 3.34. The number of nitrogens with one attached hydrogen (secondary N) is 2. The van der Waals surface area contributed by atoms with Crippen molar-refractivity contribution in [3.05, 3.63) is 93.4 Å². The molecule has 2 aromatic carbocycles. The molecule has 7 heteroatoms. The topological polar surface area (TPSA) is 82.5 Å². The molecule has 0 aliphatic carbocycles. The molecule has 32 heavy (non-hydrogen) atoms. The Balaban J connectivity index is 1.65. The van der Waals surface area contributed by atoms with Crippen molar-refractivity contribution in [3.63, 3.8) is 0 Å². The number of carbonyl (C=O) groups excluding carboxylic acids is 1. The van der Waals surface area contributed by atoms with Crippen LogP contribution in [0.15, 0.2) is 65.6 Å². The first-order valence-corrected chi connectivity index (χ1v) is 10.5. The minimum Gasteiger partial charge on any atom is -0.344 e. The summed E-state index contributed by atoms with van der Waals surface area (Å²) in [4.78, 5) is 30.6. The highest BCUT2D eigenvalue weighted by molar-refractivity contribution is 5.95. The number of aryl methyl sites for hydroxylation is 2. The molecule has 4 rings (SSSR count). The molecule has 0 saturated heterocycles. The van der Waals surface area contributed by atoms with Crippen LogP contribution in [0.2, 0.25) is 0 Å². The molecule has 0 fully saturated rings. The van der Waals surface area contributed by atoms with Crippen LogP contribution in [0.4, 0.5) is 0 Å². The van der Waals surface area contributed by atoms with E-state index < -0.39 is 0 Å². The zero-order chi connectivity index (χ0) is 22.8. The molecule has 2 aromatic heterocycles. The number of rotatable bonds is 6. The molecule has 2 N–H and O–H groups in total. The van der Waals surface area contributed by atoms with Gasteiger partial charge in [-0.2, -0.15) is 0 Å². The smallest absolute Gasteiger partial charge is 0.275 e. The van der Waals surface area contributed by atoms with Crippen LogP contribution in [0.25, 0.3) is 16.9 Å². The van der Waals surface area contributed by atoms with E-state index in [0.717, 1.165) is 16.7 Å². The van der Waals surface area contributed by atoms with Crippen LogP contribution in [0, 0.1) is 13.8 Å². The lowest BCUT2D eigenvalue weighted by molar-refractivity contribution is 0.0930. The summed E-state index contributed by atoms with van der Waals surface area (Å²) in [6.07, 6.45) is 1.60. The molecule has 0 spiro atoms. The lowest BCUT2D eigenvalue weighted by Crippen LogP contribution is -2.35. The normalized spacial score (nSPS) is 12.3. The molecule has 7 nitrogen and oxygen atoms in total. The maximum Gasteiger partial charge on any atom is 0.275 e. The van der Waals surface area contributed by atoms with Gasteiger partial charge in [0.15, 0.2) is 5.82 Å². The van der Waals surface area contributed by atoms with E-state index in [1.165, 1.54) is 10.1 Å². The molecular formula is C25H27N5O2. The van der Waals surface area contributed by atoms with Crippen molar-refractivity contribution in [3.8, 4) is 11.4 Å². The molecule has 0 saturated carbocycles. The monoisotopic (exact) mass is 429 g/mol. The Morgan fingerprint density at radius 1 is 1.09 bits per heavy atom. The van der Waals surface area contributed by atoms with E-state index >= 15 is 0 Å². The fraction of sp³-hybridized carbons (Fsp3) is 0.240. The first-order valence-electron chi connectivity index (χ1n) is 10.5. The number of amides is 1. The Labute approximate surface area is 186 Å². The van der Waals surface area contributed by atoms with Crippen LogP contribution in [-0.2, 0) is 0 Å².